The molecule has 2 atom stereocenters. The number of pyridine rings is 1. The Morgan fingerprint density at radius 2 is 2.04 bits per heavy atom. The SMILES string of the molecule is Cc1cc(C)nc(NC(=O)NCC2CCCOC2c2ccccc2)c1. The van der Waals surface area contributed by atoms with Crippen LogP contribution in [-0.2, 0) is 4.74 Å². The van der Waals surface area contributed by atoms with Crippen LogP contribution >= 0.6 is 0 Å². The van der Waals surface area contributed by atoms with Crippen LogP contribution in [0.25, 0.3) is 0 Å². The predicted octanol–water partition coefficient (Wildman–Crippen LogP) is 3.99. The summed E-state index contributed by atoms with van der Waals surface area (Å²) in [5.41, 5.74) is 3.14. The van der Waals surface area contributed by atoms with Gasteiger partial charge in [-0.3, -0.25) is 5.32 Å². The molecule has 2 heterocycles. The summed E-state index contributed by atoms with van der Waals surface area (Å²) in [4.78, 5) is 16.6. The topological polar surface area (TPSA) is 63.2 Å². The van der Waals surface area contributed by atoms with Crippen molar-refractivity contribution in [1.82, 2.24) is 10.3 Å². The quantitative estimate of drug-likeness (QED) is 0.885. The van der Waals surface area contributed by atoms with Gasteiger partial charge in [-0.1, -0.05) is 30.3 Å². The van der Waals surface area contributed by atoms with Gasteiger partial charge < -0.3 is 10.1 Å². The lowest BCUT2D eigenvalue weighted by Crippen LogP contribution is -2.37. The zero-order valence-electron chi connectivity index (χ0n) is 14.8. The Balaban J connectivity index is 1.58. The summed E-state index contributed by atoms with van der Waals surface area (Å²) in [6.45, 7) is 5.26. The second-order valence-corrected chi connectivity index (χ2v) is 6.61. The van der Waals surface area contributed by atoms with Gasteiger partial charge >= 0.3 is 6.03 Å². The zero-order valence-corrected chi connectivity index (χ0v) is 14.8. The van der Waals surface area contributed by atoms with E-state index in [1.54, 1.807) is 0 Å². The maximum absolute atomic E-state index is 12.2. The molecule has 25 heavy (non-hydrogen) atoms. The lowest BCUT2D eigenvalue weighted by Gasteiger charge is -2.32. The van der Waals surface area contributed by atoms with E-state index in [-0.39, 0.29) is 18.1 Å². The molecule has 0 spiro atoms. The predicted molar refractivity (Wildman–Crippen MR) is 98.6 cm³/mol. The second-order valence-electron chi connectivity index (χ2n) is 6.61. The highest BCUT2D eigenvalue weighted by Gasteiger charge is 2.27. The fourth-order valence-corrected chi connectivity index (χ4v) is 3.35. The molecule has 5 nitrogen and oxygen atoms in total. The highest BCUT2D eigenvalue weighted by molar-refractivity contribution is 5.88. The van der Waals surface area contributed by atoms with Crippen LogP contribution in [0.4, 0.5) is 10.6 Å². The molecule has 3 rings (SSSR count). The van der Waals surface area contributed by atoms with Crippen molar-refractivity contribution in [3.63, 3.8) is 0 Å². The summed E-state index contributed by atoms with van der Waals surface area (Å²) in [5.74, 6) is 0.851. The molecule has 5 heteroatoms. The molecule has 2 aromatic rings. The molecule has 0 saturated carbocycles. The number of urea groups is 1. The molecule has 1 aliphatic heterocycles. The van der Waals surface area contributed by atoms with E-state index in [0.717, 1.165) is 30.7 Å². The van der Waals surface area contributed by atoms with E-state index in [1.165, 1.54) is 5.56 Å². The van der Waals surface area contributed by atoms with E-state index >= 15 is 0 Å². The third kappa shape index (κ3) is 4.79. The smallest absolute Gasteiger partial charge is 0.320 e. The number of hydrogen-bond donors (Lipinski definition) is 2. The first-order valence-corrected chi connectivity index (χ1v) is 8.78. The largest absolute Gasteiger partial charge is 0.373 e. The molecule has 1 aromatic heterocycles. The number of nitrogens with zero attached hydrogens (tertiary/aromatic N) is 1. The summed E-state index contributed by atoms with van der Waals surface area (Å²) in [5, 5.41) is 5.79. The van der Waals surface area contributed by atoms with E-state index in [0.29, 0.717) is 12.4 Å². The van der Waals surface area contributed by atoms with Crippen molar-refractivity contribution in [1.29, 1.82) is 0 Å². The third-order valence-electron chi connectivity index (χ3n) is 4.44. The lowest BCUT2D eigenvalue weighted by molar-refractivity contribution is -0.0268. The first-order chi connectivity index (χ1) is 12.1. The van der Waals surface area contributed by atoms with Crippen LogP contribution in [0.2, 0.25) is 0 Å². The van der Waals surface area contributed by atoms with Gasteiger partial charge in [0.15, 0.2) is 0 Å². The Bertz CT molecular complexity index is 698. The minimum Gasteiger partial charge on any atom is -0.373 e. The molecule has 1 fully saturated rings. The lowest BCUT2D eigenvalue weighted by atomic mass is 9.89. The van der Waals surface area contributed by atoms with Crippen LogP contribution in [0.1, 0.15) is 35.8 Å². The van der Waals surface area contributed by atoms with Crippen molar-refractivity contribution in [3.05, 3.63) is 59.3 Å². The zero-order chi connectivity index (χ0) is 17.6. The van der Waals surface area contributed by atoms with Crippen molar-refractivity contribution in [2.45, 2.75) is 32.8 Å². The van der Waals surface area contributed by atoms with Gasteiger partial charge in [0.1, 0.15) is 5.82 Å². The number of benzene rings is 1. The summed E-state index contributed by atoms with van der Waals surface area (Å²) < 4.78 is 5.97. The number of rotatable bonds is 4. The van der Waals surface area contributed by atoms with E-state index in [4.69, 9.17) is 4.74 Å². The molecule has 0 bridgehead atoms. The Hall–Kier alpha value is -2.40. The van der Waals surface area contributed by atoms with Crippen molar-refractivity contribution < 1.29 is 9.53 Å². The average Bonchev–Trinajstić information content (AvgIpc) is 2.60. The molecule has 2 unspecified atom stereocenters. The summed E-state index contributed by atoms with van der Waals surface area (Å²) in [6, 6.07) is 13.8. The van der Waals surface area contributed by atoms with Gasteiger partial charge in [-0.15, -0.1) is 0 Å². The average molecular weight is 339 g/mol. The Kier molecular flexibility index (Phi) is 5.66. The van der Waals surface area contributed by atoms with Gasteiger partial charge in [-0.2, -0.15) is 0 Å². The van der Waals surface area contributed by atoms with Gasteiger partial charge in [0.2, 0.25) is 0 Å². The minimum atomic E-state index is -0.227. The van der Waals surface area contributed by atoms with Crippen molar-refractivity contribution in [3.8, 4) is 0 Å². The Morgan fingerprint density at radius 3 is 2.80 bits per heavy atom. The first-order valence-electron chi connectivity index (χ1n) is 8.78. The highest BCUT2D eigenvalue weighted by atomic mass is 16.5. The fourth-order valence-electron chi connectivity index (χ4n) is 3.35. The van der Waals surface area contributed by atoms with Gasteiger partial charge in [0, 0.05) is 24.8 Å². The number of aryl methyl sites for hydroxylation is 2. The maximum Gasteiger partial charge on any atom is 0.320 e. The highest BCUT2D eigenvalue weighted by Crippen LogP contribution is 2.33. The number of nitrogens with one attached hydrogen (secondary N) is 2. The third-order valence-corrected chi connectivity index (χ3v) is 4.44. The Morgan fingerprint density at radius 1 is 1.24 bits per heavy atom. The Labute approximate surface area is 148 Å². The fraction of sp³-hybridized carbons (Fsp3) is 0.400. The number of anilines is 1. The molecule has 1 aromatic carbocycles. The number of amides is 2. The molecule has 2 N–H and O–H groups in total. The van der Waals surface area contributed by atoms with Crippen LogP contribution in [0, 0.1) is 19.8 Å². The van der Waals surface area contributed by atoms with Crippen LogP contribution in [0.5, 0.6) is 0 Å². The minimum absolute atomic E-state index is 0.0367. The molecular weight excluding hydrogens is 314 g/mol. The van der Waals surface area contributed by atoms with Crippen molar-refractivity contribution >= 4 is 11.8 Å². The molecule has 132 valence electrons. The standard InChI is InChI=1S/C20H25N3O2/c1-14-11-15(2)22-18(12-14)23-20(24)21-13-17-9-6-10-25-19(17)16-7-4-3-5-8-16/h3-5,7-8,11-12,17,19H,6,9-10,13H2,1-2H3,(H2,21,22,23,24). The number of aromatic nitrogens is 1. The van der Waals surface area contributed by atoms with Crippen molar-refractivity contribution in [2.24, 2.45) is 5.92 Å². The molecule has 2 amide bonds. The molecule has 1 aliphatic rings. The van der Waals surface area contributed by atoms with E-state index in [9.17, 15) is 4.79 Å². The monoisotopic (exact) mass is 339 g/mol. The van der Waals surface area contributed by atoms with Crippen LogP contribution in [0.3, 0.4) is 0 Å². The summed E-state index contributed by atoms with van der Waals surface area (Å²) in [7, 11) is 0. The van der Waals surface area contributed by atoms with E-state index < -0.39 is 0 Å². The van der Waals surface area contributed by atoms with Crippen LogP contribution in [-0.4, -0.2) is 24.2 Å². The van der Waals surface area contributed by atoms with Gasteiger partial charge in [0.05, 0.1) is 6.10 Å². The number of ether oxygens (including phenoxy) is 1. The normalized spacial score (nSPS) is 20.1. The second kappa shape index (κ2) is 8.12. The van der Waals surface area contributed by atoms with E-state index in [2.05, 4.69) is 27.8 Å². The van der Waals surface area contributed by atoms with Gasteiger partial charge in [0.25, 0.3) is 0 Å². The molecule has 1 saturated heterocycles. The molecular formula is C20H25N3O2. The molecule has 0 aliphatic carbocycles. The van der Waals surface area contributed by atoms with Crippen LogP contribution in [0.15, 0.2) is 42.5 Å². The first kappa shape index (κ1) is 17.4. The van der Waals surface area contributed by atoms with E-state index in [1.807, 2.05) is 44.2 Å². The summed E-state index contributed by atoms with van der Waals surface area (Å²) >= 11 is 0. The number of hydrogen-bond acceptors (Lipinski definition) is 3. The van der Waals surface area contributed by atoms with Crippen LogP contribution < -0.4 is 10.6 Å². The van der Waals surface area contributed by atoms with Gasteiger partial charge in [-0.05, 0) is 49.9 Å². The van der Waals surface area contributed by atoms with Gasteiger partial charge in [-0.25, -0.2) is 9.78 Å². The van der Waals surface area contributed by atoms with Crippen molar-refractivity contribution in [2.75, 3.05) is 18.5 Å². The number of carbonyl (C=O) groups is 1. The maximum atomic E-state index is 12.2. The molecule has 0 radical (unpaired) electrons. The summed E-state index contributed by atoms with van der Waals surface area (Å²) in [6.07, 6.45) is 2.10. The number of carbonyl (C=O) groups excluding carboxylic acids is 1.